The van der Waals surface area contributed by atoms with E-state index in [1.807, 2.05) is 13.8 Å². The maximum absolute atomic E-state index is 12.3. The topological polar surface area (TPSA) is 17.1 Å². The van der Waals surface area contributed by atoms with Crippen LogP contribution < -0.4 is 0 Å². The van der Waals surface area contributed by atoms with Crippen LogP contribution in [0.5, 0.6) is 0 Å². The van der Waals surface area contributed by atoms with Crippen LogP contribution in [-0.4, -0.2) is 5.78 Å². The molecular formula is C13H26O. The van der Waals surface area contributed by atoms with Crippen molar-refractivity contribution in [2.24, 2.45) is 16.7 Å². The monoisotopic (exact) mass is 198 g/mol. The van der Waals surface area contributed by atoms with Crippen molar-refractivity contribution in [1.29, 1.82) is 0 Å². The minimum atomic E-state index is -0.138. The van der Waals surface area contributed by atoms with Crippen molar-refractivity contribution in [3.63, 3.8) is 0 Å². The van der Waals surface area contributed by atoms with Gasteiger partial charge in [-0.25, -0.2) is 0 Å². The van der Waals surface area contributed by atoms with Crippen molar-refractivity contribution in [2.75, 3.05) is 0 Å². The Morgan fingerprint density at radius 3 is 1.50 bits per heavy atom. The molecule has 0 bridgehead atoms. The lowest BCUT2D eigenvalue weighted by molar-refractivity contribution is -0.139. The highest BCUT2D eigenvalue weighted by Crippen LogP contribution is 2.46. The first-order valence-corrected chi connectivity index (χ1v) is 5.77. The van der Waals surface area contributed by atoms with Crippen molar-refractivity contribution >= 4 is 5.78 Å². The van der Waals surface area contributed by atoms with Gasteiger partial charge in [0.15, 0.2) is 0 Å². The second kappa shape index (κ2) is 4.46. The van der Waals surface area contributed by atoms with E-state index >= 15 is 0 Å². The Bertz CT molecular complexity index is 192. The van der Waals surface area contributed by atoms with Crippen molar-refractivity contribution in [3.8, 4) is 0 Å². The van der Waals surface area contributed by atoms with Crippen LogP contribution in [0.3, 0.4) is 0 Å². The van der Waals surface area contributed by atoms with Gasteiger partial charge in [0, 0.05) is 11.3 Å². The Morgan fingerprint density at radius 2 is 1.43 bits per heavy atom. The zero-order valence-electron chi connectivity index (χ0n) is 10.9. The van der Waals surface area contributed by atoms with Crippen LogP contribution in [-0.2, 0) is 4.79 Å². The summed E-state index contributed by atoms with van der Waals surface area (Å²) < 4.78 is 0. The molecule has 0 fully saturated rings. The first-order chi connectivity index (χ1) is 6.23. The van der Waals surface area contributed by atoms with Gasteiger partial charge in [0.2, 0.25) is 0 Å². The van der Waals surface area contributed by atoms with E-state index in [1.54, 1.807) is 0 Å². The Morgan fingerprint density at radius 1 is 1.07 bits per heavy atom. The fourth-order valence-corrected chi connectivity index (χ4v) is 2.58. The summed E-state index contributed by atoms with van der Waals surface area (Å²) in [5.74, 6) is 0.573. The lowest BCUT2D eigenvalue weighted by Gasteiger charge is -2.43. The molecule has 0 amide bonds. The van der Waals surface area contributed by atoms with E-state index in [0.29, 0.717) is 5.78 Å². The number of hydrogen-bond donors (Lipinski definition) is 0. The van der Waals surface area contributed by atoms with Gasteiger partial charge in [-0.3, -0.25) is 4.79 Å². The highest BCUT2D eigenvalue weighted by atomic mass is 16.1. The molecule has 0 aromatic carbocycles. The van der Waals surface area contributed by atoms with E-state index in [2.05, 4.69) is 34.6 Å². The summed E-state index contributed by atoms with van der Waals surface area (Å²) in [7, 11) is 0. The van der Waals surface area contributed by atoms with Crippen molar-refractivity contribution in [1.82, 2.24) is 0 Å². The fraction of sp³-hybridized carbons (Fsp3) is 0.923. The molecule has 0 rings (SSSR count). The molecular weight excluding hydrogens is 172 g/mol. The number of hydrogen-bond acceptors (Lipinski definition) is 1. The van der Waals surface area contributed by atoms with Crippen LogP contribution in [0, 0.1) is 16.7 Å². The van der Waals surface area contributed by atoms with Gasteiger partial charge in [0.1, 0.15) is 5.78 Å². The molecule has 0 atom stereocenters. The molecule has 14 heavy (non-hydrogen) atoms. The van der Waals surface area contributed by atoms with Crippen LogP contribution in [0.1, 0.15) is 61.3 Å². The van der Waals surface area contributed by atoms with Crippen LogP contribution >= 0.6 is 0 Å². The maximum atomic E-state index is 12.3. The SMILES string of the molecule is CCC(CC)(C(=O)C(C)C)C(C)(C)C. The minimum absolute atomic E-state index is 0.0673. The second-order valence-corrected chi connectivity index (χ2v) is 5.56. The van der Waals surface area contributed by atoms with Crippen LogP contribution in [0.4, 0.5) is 0 Å². The molecule has 0 N–H and O–H groups in total. The zero-order valence-corrected chi connectivity index (χ0v) is 10.9. The molecule has 0 aromatic heterocycles. The maximum Gasteiger partial charge on any atom is 0.142 e. The average Bonchev–Trinajstić information content (AvgIpc) is 2.04. The molecule has 0 aliphatic heterocycles. The third kappa shape index (κ3) is 2.18. The third-order valence-corrected chi connectivity index (χ3v) is 3.64. The Balaban J connectivity index is 5.19. The van der Waals surface area contributed by atoms with Gasteiger partial charge in [0.25, 0.3) is 0 Å². The van der Waals surface area contributed by atoms with Crippen molar-refractivity contribution in [3.05, 3.63) is 0 Å². The second-order valence-electron chi connectivity index (χ2n) is 5.56. The summed E-state index contributed by atoms with van der Waals surface area (Å²) in [6, 6.07) is 0. The first kappa shape index (κ1) is 13.7. The minimum Gasteiger partial charge on any atom is -0.299 e. The van der Waals surface area contributed by atoms with E-state index in [0.717, 1.165) is 12.8 Å². The summed E-state index contributed by atoms with van der Waals surface area (Å²) >= 11 is 0. The van der Waals surface area contributed by atoms with Crippen LogP contribution in [0.25, 0.3) is 0 Å². The Labute approximate surface area is 89.3 Å². The normalized spacial score (nSPS) is 13.4. The first-order valence-electron chi connectivity index (χ1n) is 5.77. The lowest BCUT2D eigenvalue weighted by atomic mass is 9.59. The van der Waals surface area contributed by atoms with Gasteiger partial charge in [-0.05, 0) is 18.3 Å². The van der Waals surface area contributed by atoms with E-state index in [1.165, 1.54) is 0 Å². The molecule has 1 heteroatoms. The van der Waals surface area contributed by atoms with Gasteiger partial charge >= 0.3 is 0 Å². The molecule has 84 valence electrons. The predicted octanol–water partition coefficient (Wildman–Crippen LogP) is 4.06. The fourth-order valence-electron chi connectivity index (χ4n) is 2.58. The Hall–Kier alpha value is -0.330. The summed E-state index contributed by atoms with van der Waals surface area (Å²) in [4.78, 5) is 12.3. The smallest absolute Gasteiger partial charge is 0.142 e. The molecule has 1 nitrogen and oxygen atoms in total. The molecule has 0 saturated heterocycles. The van der Waals surface area contributed by atoms with Gasteiger partial charge in [-0.2, -0.15) is 0 Å². The largest absolute Gasteiger partial charge is 0.299 e. The van der Waals surface area contributed by atoms with Gasteiger partial charge in [-0.15, -0.1) is 0 Å². The van der Waals surface area contributed by atoms with E-state index < -0.39 is 0 Å². The highest BCUT2D eigenvalue weighted by molar-refractivity contribution is 5.87. The molecule has 0 radical (unpaired) electrons. The molecule has 0 saturated carbocycles. The summed E-state index contributed by atoms with van der Waals surface area (Å²) in [6.45, 7) is 14.8. The third-order valence-electron chi connectivity index (χ3n) is 3.64. The van der Waals surface area contributed by atoms with E-state index in [4.69, 9.17) is 0 Å². The number of carbonyl (C=O) groups is 1. The zero-order chi connectivity index (χ0) is 11.6. The van der Waals surface area contributed by atoms with Gasteiger partial charge in [0.05, 0.1) is 0 Å². The summed E-state index contributed by atoms with van der Waals surface area (Å²) in [5.41, 5.74) is -0.0704. The quantitative estimate of drug-likeness (QED) is 0.665. The highest BCUT2D eigenvalue weighted by Gasteiger charge is 2.45. The molecule has 0 unspecified atom stereocenters. The molecule has 0 spiro atoms. The average molecular weight is 198 g/mol. The van der Waals surface area contributed by atoms with Crippen molar-refractivity contribution in [2.45, 2.75) is 61.3 Å². The number of carbonyl (C=O) groups excluding carboxylic acids is 1. The van der Waals surface area contributed by atoms with Crippen LogP contribution in [0.2, 0.25) is 0 Å². The summed E-state index contributed by atoms with van der Waals surface area (Å²) in [5, 5.41) is 0. The molecule has 0 aromatic rings. The summed E-state index contributed by atoms with van der Waals surface area (Å²) in [6.07, 6.45) is 1.90. The number of Topliss-reactive ketones (excluding diaryl/α,β-unsaturated/α-hetero) is 1. The number of ketones is 1. The molecule has 0 aliphatic carbocycles. The van der Waals surface area contributed by atoms with Crippen molar-refractivity contribution < 1.29 is 4.79 Å². The Kier molecular flexibility index (Phi) is 4.35. The standard InChI is InChI=1S/C13H26O/c1-8-13(9-2,12(5,6)7)11(14)10(3)4/h10H,8-9H2,1-7H3. The molecule has 0 heterocycles. The molecule has 0 aliphatic rings. The van der Waals surface area contributed by atoms with Crippen LogP contribution in [0.15, 0.2) is 0 Å². The van der Waals surface area contributed by atoms with Gasteiger partial charge < -0.3 is 0 Å². The lowest BCUT2D eigenvalue weighted by Crippen LogP contribution is -2.44. The van der Waals surface area contributed by atoms with E-state index in [-0.39, 0.29) is 16.7 Å². The predicted molar refractivity (Wildman–Crippen MR) is 62.3 cm³/mol. The van der Waals surface area contributed by atoms with Gasteiger partial charge in [-0.1, -0.05) is 48.5 Å². The van der Waals surface area contributed by atoms with E-state index in [9.17, 15) is 4.79 Å². The number of rotatable bonds is 4.